The lowest BCUT2D eigenvalue weighted by atomic mass is 9.87. The van der Waals surface area contributed by atoms with E-state index < -0.39 is 0 Å². The van der Waals surface area contributed by atoms with Crippen LogP contribution in [0.4, 0.5) is 0 Å². The first kappa shape index (κ1) is 42.3. The molecular formula is C47H63N5O4. The Bertz CT molecular complexity index is 1960. The van der Waals surface area contributed by atoms with Gasteiger partial charge in [0.25, 0.3) is 5.91 Å². The minimum absolute atomic E-state index is 0.0801. The molecule has 300 valence electrons. The zero-order valence-corrected chi connectivity index (χ0v) is 34.8. The van der Waals surface area contributed by atoms with Crippen LogP contribution in [0.15, 0.2) is 60.7 Å². The quantitative estimate of drug-likeness (QED) is 0.135. The van der Waals surface area contributed by atoms with Crippen LogP contribution >= 0.6 is 0 Å². The van der Waals surface area contributed by atoms with Gasteiger partial charge in [-0.25, -0.2) is 0 Å². The number of likely N-dealkylation sites (N-methyl/N-ethyl adjacent to an activating group) is 1. The van der Waals surface area contributed by atoms with Crippen molar-refractivity contribution in [3.63, 3.8) is 0 Å². The summed E-state index contributed by atoms with van der Waals surface area (Å²) in [4.78, 5) is 43.5. The maximum Gasteiger partial charge on any atom is 0.255 e. The van der Waals surface area contributed by atoms with Gasteiger partial charge in [0, 0.05) is 56.1 Å². The van der Waals surface area contributed by atoms with E-state index in [0.29, 0.717) is 32.7 Å². The number of hydrogen-bond donors (Lipinski definition) is 1. The SMILES string of the molecule is CCCCc1c(CCCC)c(-c2cc3c(cc2C(=O)N2Cc4ccccc4C[C@H]2C)CN(C(=O)Cc2ccc(OCCN(C)C)cc2)CC3)n(C)c1C.NC=O. The molecule has 0 fully saturated rings. The molecule has 3 heterocycles. The molecule has 0 aliphatic carbocycles. The third-order valence-corrected chi connectivity index (χ3v) is 11.5. The number of nitrogens with two attached hydrogens (primary N) is 1. The molecule has 0 saturated carbocycles. The van der Waals surface area contributed by atoms with Crippen LogP contribution in [0.3, 0.4) is 0 Å². The highest BCUT2D eigenvalue weighted by atomic mass is 16.5. The van der Waals surface area contributed by atoms with Gasteiger partial charge in [-0.05, 0) is 130 Å². The first-order valence-electron chi connectivity index (χ1n) is 20.5. The van der Waals surface area contributed by atoms with E-state index in [1.807, 2.05) is 43.3 Å². The van der Waals surface area contributed by atoms with Gasteiger partial charge >= 0.3 is 0 Å². The van der Waals surface area contributed by atoms with Crippen LogP contribution in [0.2, 0.25) is 0 Å². The zero-order valence-electron chi connectivity index (χ0n) is 34.8. The molecule has 0 bridgehead atoms. The van der Waals surface area contributed by atoms with Crippen LogP contribution in [-0.2, 0) is 61.8 Å². The first-order valence-corrected chi connectivity index (χ1v) is 20.5. The largest absolute Gasteiger partial charge is 0.492 e. The van der Waals surface area contributed by atoms with Gasteiger partial charge in [-0.15, -0.1) is 0 Å². The van der Waals surface area contributed by atoms with Crippen molar-refractivity contribution in [2.24, 2.45) is 12.8 Å². The van der Waals surface area contributed by atoms with Crippen molar-refractivity contribution in [1.82, 2.24) is 19.3 Å². The summed E-state index contributed by atoms with van der Waals surface area (Å²) in [7, 11) is 6.24. The maximum absolute atomic E-state index is 15.0. The third kappa shape index (κ3) is 9.91. The van der Waals surface area contributed by atoms with Gasteiger partial charge in [-0.1, -0.05) is 63.1 Å². The fraction of sp³-hybridized carbons (Fsp3) is 0.468. The van der Waals surface area contributed by atoms with E-state index >= 15 is 4.79 Å². The third-order valence-electron chi connectivity index (χ3n) is 11.5. The molecule has 0 saturated heterocycles. The van der Waals surface area contributed by atoms with Crippen LogP contribution in [0, 0.1) is 6.92 Å². The number of ether oxygens (including phenoxy) is 1. The summed E-state index contributed by atoms with van der Waals surface area (Å²) in [6.07, 6.45) is 8.83. The Labute approximate surface area is 334 Å². The van der Waals surface area contributed by atoms with Crippen LogP contribution in [0.5, 0.6) is 5.75 Å². The Morgan fingerprint density at radius 3 is 2.23 bits per heavy atom. The molecule has 1 atom stereocenters. The van der Waals surface area contributed by atoms with Crippen molar-refractivity contribution in [3.05, 3.63) is 111 Å². The van der Waals surface area contributed by atoms with E-state index in [9.17, 15) is 4.79 Å². The molecule has 0 spiro atoms. The van der Waals surface area contributed by atoms with Crippen LogP contribution in [0.1, 0.15) is 101 Å². The topological polar surface area (TPSA) is 101 Å². The molecule has 2 aliphatic rings. The van der Waals surface area contributed by atoms with Gasteiger partial charge in [0.2, 0.25) is 12.3 Å². The number of carbonyl (C=O) groups excluding carboxylic acids is 3. The molecule has 9 nitrogen and oxygen atoms in total. The zero-order chi connectivity index (χ0) is 40.4. The predicted octanol–water partition coefficient (Wildman–Crippen LogP) is 7.44. The lowest BCUT2D eigenvalue weighted by Gasteiger charge is -2.36. The highest BCUT2D eigenvalue weighted by molar-refractivity contribution is 6.02. The van der Waals surface area contributed by atoms with E-state index in [0.717, 1.165) is 85.9 Å². The average Bonchev–Trinajstić information content (AvgIpc) is 3.42. The Morgan fingerprint density at radius 2 is 1.57 bits per heavy atom. The molecule has 9 heteroatoms. The average molecular weight is 762 g/mol. The molecule has 3 amide bonds. The molecule has 1 aromatic heterocycles. The van der Waals surface area contributed by atoms with Crippen molar-refractivity contribution in [3.8, 4) is 17.0 Å². The number of carbonyl (C=O) groups is 3. The van der Waals surface area contributed by atoms with Crippen molar-refractivity contribution in [2.75, 3.05) is 33.8 Å². The molecule has 4 aromatic rings. The molecule has 56 heavy (non-hydrogen) atoms. The Kier molecular flexibility index (Phi) is 14.9. The maximum atomic E-state index is 15.0. The summed E-state index contributed by atoms with van der Waals surface area (Å²) < 4.78 is 8.22. The minimum Gasteiger partial charge on any atom is -0.492 e. The summed E-state index contributed by atoms with van der Waals surface area (Å²) in [6, 6.07) is 21.0. The highest BCUT2D eigenvalue weighted by Crippen LogP contribution is 2.39. The number of benzene rings is 3. The monoisotopic (exact) mass is 761 g/mol. The van der Waals surface area contributed by atoms with Crippen molar-refractivity contribution >= 4 is 18.2 Å². The van der Waals surface area contributed by atoms with Gasteiger partial charge in [0.05, 0.1) is 12.1 Å². The van der Waals surface area contributed by atoms with E-state index in [1.54, 1.807) is 0 Å². The number of primary amides is 1. The summed E-state index contributed by atoms with van der Waals surface area (Å²) >= 11 is 0. The summed E-state index contributed by atoms with van der Waals surface area (Å²) in [5.74, 6) is 1.00. The lowest BCUT2D eigenvalue weighted by molar-refractivity contribution is -0.131. The second-order valence-electron chi connectivity index (χ2n) is 15.8. The van der Waals surface area contributed by atoms with E-state index in [1.165, 1.54) is 39.2 Å². The van der Waals surface area contributed by atoms with Crippen molar-refractivity contribution < 1.29 is 19.1 Å². The number of amides is 3. The lowest BCUT2D eigenvalue weighted by Crippen LogP contribution is -2.43. The van der Waals surface area contributed by atoms with Gasteiger partial charge in [0.1, 0.15) is 12.4 Å². The number of fused-ring (bicyclic) bond motifs is 2. The second-order valence-corrected chi connectivity index (χ2v) is 15.8. The Hall–Kier alpha value is -4.89. The normalized spacial score (nSPS) is 14.8. The highest BCUT2D eigenvalue weighted by Gasteiger charge is 2.33. The van der Waals surface area contributed by atoms with Crippen molar-refractivity contribution in [2.45, 2.75) is 105 Å². The fourth-order valence-electron chi connectivity index (χ4n) is 8.22. The van der Waals surface area contributed by atoms with Crippen molar-refractivity contribution in [1.29, 1.82) is 0 Å². The summed E-state index contributed by atoms with van der Waals surface area (Å²) in [6.45, 7) is 12.2. The molecule has 0 unspecified atom stereocenters. The predicted molar refractivity (Wildman–Crippen MR) is 226 cm³/mol. The van der Waals surface area contributed by atoms with E-state index in [-0.39, 0.29) is 24.3 Å². The first-order chi connectivity index (χ1) is 27.0. The second kappa shape index (κ2) is 19.8. The van der Waals surface area contributed by atoms with Gasteiger partial charge in [-0.2, -0.15) is 0 Å². The molecular weight excluding hydrogens is 699 g/mol. The molecule has 2 N–H and O–H groups in total. The Balaban J connectivity index is 0.00000194. The molecule has 6 rings (SSSR count). The van der Waals surface area contributed by atoms with Gasteiger partial charge in [-0.3, -0.25) is 14.4 Å². The van der Waals surface area contributed by atoms with Gasteiger partial charge < -0.3 is 29.7 Å². The number of rotatable bonds is 14. The smallest absolute Gasteiger partial charge is 0.255 e. The van der Waals surface area contributed by atoms with Crippen LogP contribution in [-0.4, -0.2) is 77.3 Å². The number of aromatic nitrogens is 1. The molecule has 2 aliphatic heterocycles. The number of hydrogen-bond acceptors (Lipinski definition) is 5. The van der Waals surface area contributed by atoms with Crippen LogP contribution in [0.25, 0.3) is 11.3 Å². The summed E-state index contributed by atoms with van der Waals surface area (Å²) in [5, 5.41) is 0. The van der Waals surface area contributed by atoms with Crippen LogP contribution < -0.4 is 10.5 Å². The fourth-order valence-corrected chi connectivity index (χ4v) is 8.22. The van der Waals surface area contributed by atoms with Gasteiger partial charge in [0.15, 0.2) is 0 Å². The summed E-state index contributed by atoms with van der Waals surface area (Å²) in [5.41, 5.74) is 17.2. The standard InChI is InChI=1S/C46H60N4O3.CH3NO/c1-8-10-16-40-33(4)48(7)45(41(40)17-11-9-2)42-28-36-22-23-49(44(51)27-34-18-20-39(21-19-34)53-25-24-47(5)6)30-38(36)29-43(42)46(52)50-31-37-15-13-12-14-35(37)26-32(50)3;2-1-3/h12-15,18-21,28-29,32H,8-11,16-17,22-27,30-31H2,1-7H3;1H,(H2,2,3)/t32-;/m1./s1. The van der Waals surface area contributed by atoms with E-state index in [4.69, 9.17) is 9.53 Å². The number of nitrogens with zero attached hydrogens (tertiary/aromatic N) is 4. The minimum atomic E-state index is 0.0801. The molecule has 3 aromatic carbocycles. The number of unbranched alkanes of at least 4 members (excludes halogenated alkanes) is 2. The van der Waals surface area contributed by atoms with E-state index in [2.05, 4.69) is 91.2 Å². The Morgan fingerprint density at radius 1 is 0.911 bits per heavy atom. The molecule has 0 radical (unpaired) electrons.